The van der Waals surface area contributed by atoms with E-state index in [0.29, 0.717) is 0 Å². The number of carboxylic acid groups (broad SMARTS) is 1. The molecule has 0 saturated carbocycles. The standard InChI is InChI=1S/C13H8F3NO2/c14-9-3-1-2-8(13(9)16)11-4-7(5-12(18)19)10(15)6-17-11/h1-4,6H,5H2,(H,18,19). The lowest BCUT2D eigenvalue weighted by molar-refractivity contribution is -0.136. The van der Waals surface area contributed by atoms with E-state index in [1.165, 1.54) is 12.1 Å². The van der Waals surface area contributed by atoms with Crippen LogP contribution in [0.25, 0.3) is 11.3 Å². The second kappa shape index (κ2) is 5.09. The molecule has 2 aromatic rings. The molecule has 1 aromatic heterocycles. The van der Waals surface area contributed by atoms with Crippen molar-refractivity contribution in [2.45, 2.75) is 6.42 Å². The first-order valence-corrected chi connectivity index (χ1v) is 5.29. The van der Waals surface area contributed by atoms with Gasteiger partial charge in [-0.25, -0.2) is 13.2 Å². The van der Waals surface area contributed by atoms with Gasteiger partial charge in [-0.3, -0.25) is 9.78 Å². The third kappa shape index (κ3) is 2.73. The maximum Gasteiger partial charge on any atom is 0.307 e. The van der Waals surface area contributed by atoms with Gasteiger partial charge in [0.15, 0.2) is 11.6 Å². The fourth-order valence-corrected chi connectivity index (χ4v) is 1.63. The number of carbonyl (C=O) groups is 1. The normalized spacial score (nSPS) is 10.5. The van der Waals surface area contributed by atoms with Gasteiger partial charge in [0.1, 0.15) is 5.82 Å². The van der Waals surface area contributed by atoms with E-state index in [4.69, 9.17) is 5.11 Å². The first kappa shape index (κ1) is 13.1. The van der Waals surface area contributed by atoms with Crippen molar-refractivity contribution in [1.29, 1.82) is 0 Å². The van der Waals surface area contributed by atoms with Gasteiger partial charge in [-0.15, -0.1) is 0 Å². The summed E-state index contributed by atoms with van der Waals surface area (Å²) in [7, 11) is 0. The molecular formula is C13H8F3NO2. The van der Waals surface area contributed by atoms with Crippen molar-refractivity contribution in [3.63, 3.8) is 0 Å². The summed E-state index contributed by atoms with van der Waals surface area (Å²) in [5.41, 5.74) is -0.303. The molecule has 0 radical (unpaired) electrons. The van der Waals surface area contributed by atoms with Crippen molar-refractivity contribution in [2.24, 2.45) is 0 Å². The lowest BCUT2D eigenvalue weighted by atomic mass is 10.1. The molecule has 19 heavy (non-hydrogen) atoms. The Hall–Kier alpha value is -2.37. The highest BCUT2D eigenvalue weighted by Gasteiger charge is 2.14. The van der Waals surface area contributed by atoms with Gasteiger partial charge in [0.05, 0.1) is 18.3 Å². The Kier molecular flexibility index (Phi) is 3.50. The fraction of sp³-hybridized carbons (Fsp3) is 0.0769. The number of hydrogen-bond donors (Lipinski definition) is 1. The second-order valence-corrected chi connectivity index (χ2v) is 3.83. The summed E-state index contributed by atoms with van der Waals surface area (Å²) in [6, 6.07) is 4.61. The fourth-order valence-electron chi connectivity index (χ4n) is 1.63. The highest BCUT2D eigenvalue weighted by atomic mass is 19.2. The topological polar surface area (TPSA) is 50.2 Å². The van der Waals surface area contributed by atoms with Crippen LogP contribution in [0.2, 0.25) is 0 Å². The van der Waals surface area contributed by atoms with Gasteiger partial charge in [-0.2, -0.15) is 0 Å². The van der Waals surface area contributed by atoms with Gasteiger partial charge in [-0.1, -0.05) is 6.07 Å². The largest absolute Gasteiger partial charge is 0.481 e. The Morgan fingerprint density at radius 2 is 1.95 bits per heavy atom. The number of rotatable bonds is 3. The van der Waals surface area contributed by atoms with Crippen molar-refractivity contribution in [1.82, 2.24) is 4.98 Å². The Morgan fingerprint density at radius 3 is 2.63 bits per heavy atom. The number of halogens is 3. The quantitative estimate of drug-likeness (QED) is 0.930. The number of aliphatic carboxylic acids is 1. The van der Waals surface area contributed by atoms with E-state index in [1.54, 1.807) is 0 Å². The summed E-state index contributed by atoms with van der Waals surface area (Å²) < 4.78 is 40.0. The van der Waals surface area contributed by atoms with E-state index in [0.717, 1.165) is 18.3 Å². The van der Waals surface area contributed by atoms with Crippen molar-refractivity contribution in [3.8, 4) is 11.3 Å². The van der Waals surface area contributed by atoms with E-state index in [-0.39, 0.29) is 16.8 Å². The predicted molar refractivity (Wildman–Crippen MR) is 60.9 cm³/mol. The van der Waals surface area contributed by atoms with Crippen LogP contribution in [0, 0.1) is 17.5 Å². The molecule has 0 spiro atoms. The van der Waals surface area contributed by atoms with Gasteiger partial charge in [0, 0.05) is 11.1 Å². The first-order valence-electron chi connectivity index (χ1n) is 5.29. The number of carboxylic acids is 1. The molecule has 3 nitrogen and oxygen atoms in total. The number of pyridine rings is 1. The summed E-state index contributed by atoms with van der Waals surface area (Å²) in [5, 5.41) is 8.63. The maximum absolute atomic E-state index is 13.6. The summed E-state index contributed by atoms with van der Waals surface area (Å²) >= 11 is 0. The third-order valence-corrected chi connectivity index (χ3v) is 2.50. The Morgan fingerprint density at radius 1 is 1.21 bits per heavy atom. The van der Waals surface area contributed by atoms with Crippen molar-refractivity contribution < 1.29 is 23.1 Å². The monoisotopic (exact) mass is 267 g/mol. The molecule has 0 unspecified atom stereocenters. The number of benzene rings is 1. The van der Waals surface area contributed by atoms with Crippen LogP contribution in [-0.4, -0.2) is 16.1 Å². The third-order valence-electron chi connectivity index (χ3n) is 2.50. The van der Waals surface area contributed by atoms with Crippen LogP contribution in [0.1, 0.15) is 5.56 Å². The zero-order valence-electron chi connectivity index (χ0n) is 9.53. The smallest absolute Gasteiger partial charge is 0.307 e. The van der Waals surface area contributed by atoms with Crippen molar-refractivity contribution in [3.05, 3.63) is 53.5 Å². The molecular weight excluding hydrogens is 259 g/mol. The zero-order chi connectivity index (χ0) is 14.0. The van der Waals surface area contributed by atoms with E-state index < -0.39 is 29.8 Å². The van der Waals surface area contributed by atoms with Gasteiger partial charge in [0.25, 0.3) is 0 Å². The van der Waals surface area contributed by atoms with E-state index in [9.17, 15) is 18.0 Å². The van der Waals surface area contributed by atoms with Crippen LogP contribution in [0.3, 0.4) is 0 Å². The zero-order valence-corrected chi connectivity index (χ0v) is 9.53. The molecule has 0 saturated heterocycles. The molecule has 0 amide bonds. The molecule has 1 heterocycles. The van der Waals surface area contributed by atoms with E-state index in [1.807, 2.05) is 0 Å². The minimum Gasteiger partial charge on any atom is -0.481 e. The summed E-state index contributed by atoms with van der Waals surface area (Å²) in [6.07, 6.45) is 0.232. The molecule has 0 aliphatic carbocycles. The van der Waals surface area contributed by atoms with Crippen LogP contribution in [0.15, 0.2) is 30.5 Å². The highest BCUT2D eigenvalue weighted by Crippen LogP contribution is 2.24. The lowest BCUT2D eigenvalue weighted by Crippen LogP contribution is -2.04. The maximum atomic E-state index is 13.6. The van der Waals surface area contributed by atoms with Gasteiger partial charge in [-0.05, 0) is 18.2 Å². The van der Waals surface area contributed by atoms with Crippen LogP contribution < -0.4 is 0 Å². The summed E-state index contributed by atoms with van der Waals surface area (Å²) in [6.45, 7) is 0. The van der Waals surface area contributed by atoms with Gasteiger partial charge in [0.2, 0.25) is 0 Å². The van der Waals surface area contributed by atoms with E-state index in [2.05, 4.69) is 4.98 Å². The summed E-state index contributed by atoms with van der Waals surface area (Å²) in [4.78, 5) is 14.2. The highest BCUT2D eigenvalue weighted by molar-refractivity contribution is 5.71. The molecule has 98 valence electrons. The molecule has 0 aliphatic heterocycles. The molecule has 0 bridgehead atoms. The van der Waals surface area contributed by atoms with Crippen LogP contribution >= 0.6 is 0 Å². The van der Waals surface area contributed by atoms with Crippen molar-refractivity contribution >= 4 is 5.97 Å². The SMILES string of the molecule is O=C(O)Cc1cc(-c2cccc(F)c2F)ncc1F. The number of nitrogens with zero attached hydrogens (tertiary/aromatic N) is 1. The first-order chi connectivity index (χ1) is 8.99. The molecule has 1 aromatic carbocycles. The molecule has 0 fully saturated rings. The van der Waals surface area contributed by atoms with Gasteiger partial charge < -0.3 is 5.11 Å². The second-order valence-electron chi connectivity index (χ2n) is 3.83. The lowest BCUT2D eigenvalue weighted by Gasteiger charge is -2.06. The predicted octanol–water partition coefficient (Wildman–Crippen LogP) is 2.79. The Bertz CT molecular complexity index is 644. The Balaban J connectivity index is 2.51. The molecule has 6 heteroatoms. The van der Waals surface area contributed by atoms with Crippen LogP contribution in [0.5, 0.6) is 0 Å². The minimum atomic E-state index is -1.23. The number of hydrogen-bond acceptors (Lipinski definition) is 2. The van der Waals surface area contributed by atoms with E-state index >= 15 is 0 Å². The van der Waals surface area contributed by atoms with Crippen LogP contribution in [-0.2, 0) is 11.2 Å². The number of aromatic nitrogens is 1. The van der Waals surface area contributed by atoms with Gasteiger partial charge >= 0.3 is 5.97 Å². The molecule has 0 aliphatic rings. The average Bonchev–Trinajstić information content (AvgIpc) is 2.35. The Labute approximate surface area is 106 Å². The van der Waals surface area contributed by atoms with Crippen LogP contribution in [0.4, 0.5) is 13.2 Å². The molecule has 2 rings (SSSR count). The van der Waals surface area contributed by atoms with Crippen molar-refractivity contribution in [2.75, 3.05) is 0 Å². The minimum absolute atomic E-state index is 0.0188. The summed E-state index contributed by atoms with van der Waals surface area (Å²) in [5.74, 6) is -4.19. The molecule has 0 atom stereocenters. The average molecular weight is 267 g/mol. The molecule has 1 N–H and O–H groups in total.